The fourth-order valence-corrected chi connectivity index (χ4v) is 2.19. The molecule has 1 aromatic heterocycles. The third-order valence-corrected chi connectivity index (χ3v) is 3.14. The Balaban J connectivity index is 2.32. The molecule has 21 heavy (non-hydrogen) atoms. The molecule has 0 aliphatic rings. The van der Waals surface area contributed by atoms with E-state index < -0.39 is 0 Å². The monoisotopic (exact) mass is 302 g/mol. The van der Waals surface area contributed by atoms with Gasteiger partial charge in [0.2, 0.25) is 0 Å². The van der Waals surface area contributed by atoms with Gasteiger partial charge in [-0.05, 0) is 30.7 Å². The maximum atomic E-state index is 12.3. The van der Waals surface area contributed by atoms with E-state index in [0.29, 0.717) is 22.0 Å². The first-order chi connectivity index (χ1) is 10.0. The minimum atomic E-state index is -0.262. The Morgan fingerprint density at radius 1 is 1.43 bits per heavy atom. The van der Waals surface area contributed by atoms with E-state index in [-0.39, 0.29) is 12.5 Å². The van der Waals surface area contributed by atoms with Gasteiger partial charge in [-0.25, -0.2) is 0 Å². The average molecular weight is 303 g/mol. The van der Waals surface area contributed by atoms with Gasteiger partial charge in [0.1, 0.15) is 12.3 Å². The molecular formula is C16H15ClN2O2. The molecule has 0 atom stereocenters. The molecule has 0 saturated heterocycles. The quantitative estimate of drug-likeness (QED) is 0.838. The van der Waals surface area contributed by atoms with E-state index >= 15 is 0 Å². The lowest BCUT2D eigenvalue weighted by Crippen LogP contribution is -2.16. The number of anilines is 1. The third-order valence-electron chi connectivity index (χ3n) is 2.93. The van der Waals surface area contributed by atoms with Crippen molar-refractivity contribution >= 4 is 23.2 Å². The van der Waals surface area contributed by atoms with E-state index in [4.69, 9.17) is 16.7 Å². The normalized spacial score (nSPS) is 9.90. The first-order valence-electron chi connectivity index (χ1n) is 6.35. The minimum Gasteiger partial charge on any atom is -0.384 e. The molecule has 2 aromatic rings. The smallest absolute Gasteiger partial charge is 0.272 e. The van der Waals surface area contributed by atoms with Crippen LogP contribution in [0.3, 0.4) is 0 Å². The minimum absolute atomic E-state index is 0.227. The second-order valence-electron chi connectivity index (χ2n) is 4.62. The zero-order chi connectivity index (χ0) is 15.4. The molecule has 4 nitrogen and oxygen atoms in total. The standard InChI is InChI=1S/C16H15ClN2O2/c1-11-5-6-12(4-3-7-20)14(8-11)18-16(21)15-9-13(17)10-19(15)2/h5-6,8-10,20H,7H2,1-2H3,(H,18,21). The van der Waals surface area contributed by atoms with Crippen LogP contribution in [0.5, 0.6) is 0 Å². The second-order valence-corrected chi connectivity index (χ2v) is 5.05. The molecule has 0 radical (unpaired) electrons. The van der Waals surface area contributed by atoms with Crippen molar-refractivity contribution in [2.24, 2.45) is 7.05 Å². The van der Waals surface area contributed by atoms with Gasteiger partial charge in [-0.1, -0.05) is 29.5 Å². The van der Waals surface area contributed by atoms with E-state index in [9.17, 15) is 4.79 Å². The summed E-state index contributed by atoms with van der Waals surface area (Å²) in [6.07, 6.45) is 1.67. The Bertz CT molecular complexity index is 738. The van der Waals surface area contributed by atoms with E-state index in [1.54, 1.807) is 23.9 Å². The molecule has 0 unspecified atom stereocenters. The number of hydrogen-bond acceptors (Lipinski definition) is 2. The highest BCUT2D eigenvalue weighted by atomic mass is 35.5. The van der Waals surface area contributed by atoms with Crippen molar-refractivity contribution in [1.82, 2.24) is 4.57 Å². The predicted octanol–water partition coefficient (Wildman–Crippen LogP) is 2.58. The van der Waals surface area contributed by atoms with Crippen molar-refractivity contribution in [2.75, 3.05) is 11.9 Å². The van der Waals surface area contributed by atoms with Crippen LogP contribution < -0.4 is 5.32 Å². The second kappa shape index (κ2) is 6.49. The summed E-state index contributed by atoms with van der Waals surface area (Å²) in [5.41, 5.74) is 2.73. The van der Waals surface area contributed by atoms with Gasteiger partial charge in [0.25, 0.3) is 5.91 Å². The fraction of sp³-hybridized carbons (Fsp3) is 0.188. The van der Waals surface area contributed by atoms with Crippen molar-refractivity contribution < 1.29 is 9.90 Å². The summed E-state index contributed by atoms with van der Waals surface area (Å²) in [6.45, 7) is 1.70. The summed E-state index contributed by atoms with van der Waals surface area (Å²) >= 11 is 5.89. The van der Waals surface area contributed by atoms with Crippen LogP contribution in [-0.4, -0.2) is 22.2 Å². The number of aliphatic hydroxyl groups is 1. The lowest BCUT2D eigenvalue weighted by molar-refractivity contribution is 0.101. The van der Waals surface area contributed by atoms with E-state index in [0.717, 1.165) is 5.56 Å². The first-order valence-corrected chi connectivity index (χ1v) is 6.72. The lowest BCUT2D eigenvalue weighted by Gasteiger charge is -2.09. The van der Waals surface area contributed by atoms with Crippen LogP contribution in [0.2, 0.25) is 5.02 Å². The van der Waals surface area contributed by atoms with Crippen LogP contribution >= 0.6 is 11.6 Å². The number of aliphatic hydroxyl groups excluding tert-OH is 1. The van der Waals surface area contributed by atoms with Crippen LogP contribution in [0.15, 0.2) is 30.5 Å². The van der Waals surface area contributed by atoms with Crippen LogP contribution in [0, 0.1) is 18.8 Å². The lowest BCUT2D eigenvalue weighted by atomic mass is 10.1. The van der Waals surface area contributed by atoms with Gasteiger partial charge in [-0.15, -0.1) is 0 Å². The van der Waals surface area contributed by atoms with Gasteiger partial charge in [-0.2, -0.15) is 0 Å². The topological polar surface area (TPSA) is 54.3 Å². The number of nitrogens with zero attached hydrogens (tertiary/aromatic N) is 1. The van der Waals surface area contributed by atoms with Crippen LogP contribution in [-0.2, 0) is 7.05 Å². The number of carbonyl (C=O) groups excluding carboxylic acids is 1. The molecule has 5 heteroatoms. The molecule has 1 heterocycles. The molecule has 0 bridgehead atoms. The van der Waals surface area contributed by atoms with Crippen molar-refractivity contribution in [1.29, 1.82) is 0 Å². The molecule has 1 aromatic carbocycles. The van der Waals surface area contributed by atoms with Gasteiger partial charge >= 0.3 is 0 Å². The number of aryl methyl sites for hydroxylation is 2. The zero-order valence-electron chi connectivity index (χ0n) is 11.8. The Morgan fingerprint density at radius 3 is 2.81 bits per heavy atom. The molecule has 0 fully saturated rings. The number of rotatable bonds is 2. The molecule has 1 amide bonds. The maximum absolute atomic E-state index is 12.3. The highest BCUT2D eigenvalue weighted by Gasteiger charge is 2.13. The van der Waals surface area contributed by atoms with Crippen molar-refractivity contribution in [3.05, 3.63) is 52.3 Å². The molecule has 0 spiro atoms. The van der Waals surface area contributed by atoms with Crippen molar-refractivity contribution in [3.8, 4) is 11.8 Å². The Hall–Kier alpha value is -2.22. The average Bonchev–Trinajstić information content (AvgIpc) is 2.77. The van der Waals surface area contributed by atoms with Crippen LogP contribution in [0.4, 0.5) is 5.69 Å². The highest BCUT2D eigenvalue weighted by molar-refractivity contribution is 6.31. The van der Waals surface area contributed by atoms with Gasteiger partial charge in [0, 0.05) is 18.8 Å². The summed E-state index contributed by atoms with van der Waals surface area (Å²) in [5, 5.41) is 12.1. The molecule has 2 N–H and O–H groups in total. The number of aromatic nitrogens is 1. The fourth-order valence-electron chi connectivity index (χ4n) is 1.94. The molecular weight excluding hydrogens is 288 g/mol. The number of halogens is 1. The molecule has 2 rings (SSSR count). The summed E-state index contributed by atoms with van der Waals surface area (Å²) in [7, 11) is 1.75. The van der Waals surface area contributed by atoms with Crippen LogP contribution in [0.1, 0.15) is 21.6 Å². The molecule has 0 saturated carbocycles. The Kier molecular flexibility index (Phi) is 4.69. The summed E-state index contributed by atoms with van der Waals surface area (Å²) in [5.74, 6) is 5.14. The van der Waals surface area contributed by atoms with E-state index in [2.05, 4.69) is 17.2 Å². The summed E-state index contributed by atoms with van der Waals surface area (Å²) in [6, 6.07) is 7.15. The SMILES string of the molecule is Cc1ccc(C#CCO)c(NC(=O)c2cc(Cl)cn2C)c1. The molecule has 0 aliphatic carbocycles. The van der Waals surface area contributed by atoms with Gasteiger partial charge in [-0.3, -0.25) is 4.79 Å². The summed E-state index contributed by atoms with van der Waals surface area (Å²) < 4.78 is 1.66. The Labute approximate surface area is 128 Å². The largest absolute Gasteiger partial charge is 0.384 e. The Morgan fingerprint density at radius 2 is 2.19 bits per heavy atom. The summed E-state index contributed by atoms with van der Waals surface area (Å²) in [4.78, 5) is 12.3. The molecule has 0 aliphatic heterocycles. The van der Waals surface area contributed by atoms with Gasteiger partial charge < -0.3 is 15.0 Å². The number of hydrogen-bond donors (Lipinski definition) is 2. The number of amides is 1. The van der Waals surface area contributed by atoms with Crippen molar-refractivity contribution in [2.45, 2.75) is 6.92 Å². The molecule has 108 valence electrons. The van der Waals surface area contributed by atoms with Gasteiger partial charge in [0.15, 0.2) is 0 Å². The van der Waals surface area contributed by atoms with Crippen LogP contribution in [0.25, 0.3) is 0 Å². The number of carbonyl (C=O) groups is 1. The van der Waals surface area contributed by atoms with Crippen molar-refractivity contribution in [3.63, 3.8) is 0 Å². The van der Waals surface area contributed by atoms with E-state index in [1.807, 2.05) is 25.1 Å². The zero-order valence-corrected chi connectivity index (χ0v) is 12.5. The number of benzene rings is 1. The maximum Gasteiger partial charge on any atom is 0.272 e. The highest BCUT2D eigenvalue weighted by Crippen LogP contribution is 2.19. The number of nitrogens with one attached hydrogen (secondary N) is 1. The van der Waals surface area contributed by atoms with Gasteiger partial charge in [0.05, 0.1) is 10.7 Å². The first kappa shape index (κ1) is 15.2. The predicted molar refractivity (Wildman–Crippen MR) is 83.5 cm³/mol. The van der Waals surface area contributed by atoms with E-state index in [1.165, 1.54) is 0 Å². The third kappa shape index (κ3) is 3.66.